The van der Waals surface area contributed by atoms with Gasteiger partial charge in [-0.25, -0.2) is 8.78 Å². The fourth-order valence-corrected chi connectivity index (χ4v) is 1.98. The monoisotopic (exact) mass is 315 g/mol. The molecule has 0 aliphatic heterocycles. The summed E-state index contributed by atoms with van der Waals surface area (Å²) in [5.41, 5.74) is 5.05. The van der Waals surface area contributed by atoms with E-state index in [-0.39, 0.29) is 15.1 Å². The largest absolute Gasteiger partial charge is 0.506 e. The zero-order chi connectivity index (χ0) is 12.5. The first-order valence-electron chi connectivity index (χ1n) is 4.21. The molecule has 0 radical (unpaired) electrons. The van der Waals surface area contributed by atoms with Crippen LogP contribution in [-0.2, 0) is 0 Å². The molecule has 1 rings (SSSR count). The minimum atomic E-state index is -3.53. The molecule has 0 spiro atoms. The average Bonchev–Trinajstić information content (AvgIpc) is 2.22. The van der Waals surface area contributed by atoms with Crippen molar-refractivity contribution in [1.82, 2.24) is 0 Å². The SMILES string of the molecule is N[C@@H](c1cc(Cl)cc(Br)c1O)C(F)(F)CO. The number of hydrogen-bond donors (Lipinski definition) is 3. The molecule has 0 aliphatic rings. The second-order valence-electron chi connectivity index (χ2n) is 3.22. The van der Waals surface area contributed by atoms with Crippen molar-refractivity contribution in [2.24, 2.45) is 5.73 Å². The Morgan fingerprint density at radius 1 is 1.50 bits per heavy atom. The molecule has 0 fully saturated rings. The maximum Gasteiger partial charge on any atom is 0.289 e. The van der Waals surface area contributed by atoms with E-state index in [0.29, 0.717) is 0 Å². The van der Waals surface area contributed by atoms with Gasteiger partial charge in [-0.2, -0.15) is 0 Å². The molecule has 0 aromatic heterocycles. The van der Waals surface area contributed by atoms with Crippen molar-refractivity contribution in [2.75, 3.05) is 6.61 Å². The molecule has 4 N–H and O–H groups in total. The van der Waals surface area contributed by atoms with E-state index in [1.54, 1.807) is 0 Å². The summed E-state index contributed by atoms with van der Waals surface area (Å²) in [4.78, 5) is 0. The lowest BCUT2D eigenvalue weighted by Crippen LogP contribution is -2.36. The molecule has 7 heteroatoms. The summed E-state index contributed by atoms with van der Waals surface area (Å²) in [5, 5.41) is 18.2. The predicted octanol–water partition coefficient (Wildman–Crippen LogP) is 2.44. The molecule has 3 nitrogen and oxygen atoms in total. The lowest BCUT2D eigenvalue weighted by Gasteiger charge is -2.22. The topological polar surface area (TPSA) is 66.5 Å². The van der Waals surface area contributed by atoms with Crippen LogP contribution in [0, 0.1) is 0 Å². The van der Waals surface area contributed by atoms with Gasteiger partial charge in [0.05, 0.1) is 4.47 Å². The Kier molecular flexibility index (Phi) is 4.12. The van der Waals surface area contributed by atoms with Crippen LogP contribution in [0.4, 0.5) is 8.78 Å². The summed E-state index contributed by atoms with van der Waals surface area (Å²) in [5.74, 6) is -3.94. The normalized spacial score (nSPS) is 13.9. The smallest absolute Gasteiger partial charge is 0.289 e. The van der Waals surface area contributed by atoms with Gasteiger partial charge in [0.15, 0.2) is 0 Å². The standard InChI is InChI=1S/C9H9BrClF2NO2/c10-6-2-4(11)1-5(7(6)16)8(14)9(12,13)3-15/h1-2,8,15-16H,3,14H2/t8-/m0/s1. The first-order valence-corrected chi connectivity index (χ1v) is 5.39. The second kappa shape index (κ2) is 4.83. The van der Waals surface area contributed by atoms with Gasteiger partial charge in [0.2, 0.25) is 0 Å². The van der Waals surface area contributed by atoms with Crippen LogP contribution >= 0.6 is 27.5 Å². The number of nitrogens with two attached hydrogens (primary N) is 1. The fourth-order valence-electron chi connectivity index (χ4n) is 1.15. The van der Waals surface area contributed by atoms with Crippen molar-refractivity contribution in [2.45, 2.75) is 12.0 Å². The first kappa shape index (κ1) is 13.6. The molecule has 0 heterocycles. The van der Waals surface area contributed by atoms with Gasteiger partial charge < -0.3 is 15.9 Å². The summed E-state index contributed by atoms with van der Waals surface area (Å²) in [6, 6.07) is 0.660. The predicted molar refractivity (Wildman–Crippen MR) is 59.8 cm³/mol. The number of phenolic OH excluding ortho intramolecular Hbond substituents is 1. The van der Waals surface area contributed by atoms with Crippen molar-refractivity contribution >= 4 is 27.5 Å². The van der Waals surface area contributed by atoms with Gasteiger partial charge in [-0.3, -0.25) is 0 Å². The summed E-state index contributed by atoms with van der Waals surface area (Å²) in [6.07, 6.45) is 0. The fraction of sp³-hybridized carbons (Fsp3) is 0.333. The van der Waals surface area contributed by atoms with Crippen LogP contribution in [0.15, 0.2) is 16.6 Å². The van der Waals surface area contributed by atoms with Crippen molar-refractivity contribution in [1.29, 1.82) is 0 Å². The number of benzene rings is 1. The number of alkyl halides is 2. The first-order chi connectivity index (χ1) is 7.29. The summed E-state index contributed by atoms with van der Waals surface area (Å²) >= 11 is 8.61. The van der Waals surface area contributed by atoms with Crippen molar-refractivity contribution in [3.8, 4) is 5.75 Å². The Balaban J connectivity index is 3.23. The Morgan fingerprint density at radius 3 is 2.56 bits per heavy atom. The maximum absolute atomic E-state index is 13.1. The van der Waals surface area contributed by atoms with Gasteiger partial charge in [0.1, 0.15) is 18.4 Å². The zero-order valence-corrected chi connectivity index (χ0v) is 10.3. The maximum atomic E-state index is 13.1. The molecule has 0 unspecified atom stereocenters. The van der Waals surface area contributed by atoms with E-state index in [4.69, 9.17) is 22.4 Å². The molecule has 0 saturated heterocycles. The molecular formula is C9H9BrClF2NO2. The third-order valence-corrected chi connectivity index (χ3v) is 2.88. The second-order valence-corrected chi connectivity index (χ2v) is 4.51. The van der Waals surface area contributed by atoms with E-state index in [1.165, 1.54) is 6.07 Å². The van der Waals surface area contributed by atoms with Crippen LogP contribution < -0.4 is 5.73 Å². The van der Waals surface area contributed by atoms with Crippen LogP contribution in [0.25, 0.3) is 0 Å². The van der Waals surface area contributed by atoms with Crippen molar-refractivity contribution in [3.63, 3.8) is 0 Å². The number of aliphatic hydroxyl groups is 1. The molecule has 0 bridgehead atoms. The number of hydrogen-bond acceptors (Lipinski definition) is 3. The average molecular weight is 317 g/mol. The minimum Gasteiger partial charge on any atom is -0.506 e. The Morgan fingerprint density at radius 2 is 2.06 bits per heavy atom. The lowest BCUT2D eigenvalue weighted by molar-refractivity contribution is -0.0716. The highest BCUT2D eigenvalue weighted by atomic mass is 79.9. The van der Waals surface area contributed by atoms with Crippen LogP contribution in [-0.4, -0.2) is 22.7 Å². The highest BCUT2D eigenvalue weighted by Gasteiger charge is 2.39. The van der Waals surface area contributed by atoms with Gasteiger partial charge in [-0.05, 0) is 28.1 Å². The van der Waals surface area contributed by atoms with E-state index < -0.39 is 24.3 Å². The highest BCUT2D eigenvalue weighted by molar-refractivity contribution is 9.10. The molecule has 1 aromatic carbocycles. The van der Waals surface area contributed by atoms with Crippen molar-refractivity contribution < 1.29 is 19.0 Å². The molecule has 0 saturated carbocycles. The quantitative estimate of drug-likeness (QED) is 0.802. The van der Waals surface area contributed by atoms with Gasteiger partial charge in [-0.15, -0.1) is 0 Å². The third-order valence-electron chi connectivity index (χ3n) is 2.06. The van der Waals surface area contributed by atoms with E-state index >= 15 is 0 Å². The number of aromatic hydroxyl groups is 1. The molecule has 0 aliphatic carbocycles. The molecular weight excluding hydrogens is 307 g/mol. The number of halogens is 4. The van der Waals surface area contributed by atoms with E-state index in [9.17, 15) is 13.9 Å². The molecule has 90 valence electrons. The van der Waals surface area contributed by atoms with E-state index in [0.717, 1.165) is 6.07 Å². The zero-order valence-electron chi connectivity index (χ0n) is 7.92. The van der Waals surface area contributed by atoms with Crippen LogP contribution in [0.5, 0.6) is 5.75 Å². The van der Waals surface area contributed by atoms with Gasteiger partial charge in [0.25, 0.3) is 5.92 Å². The summed E-state index contributed by atoms with van der Waals surface area (Å²) in [7, 11) is 0. The van der Waals surface area contributed by atoms with Gasteiger partial charge >= 0.3 is 0 Å². The van der Waals surface area contributed by atoms with E-state index in [1.807, 2.05) is 0 Å². The molecule has 0 amide bonds. The molecule has 16 heavy (non-hydrogen) atoms. The van der Waals surface area contributed by atoms with Gasteiger partial charge in [-0.1, -0.05) is 11.6 Å². The van der Waals surface area contributed by atoms with Crippen LogP contribution in [0.3, 0.4) is 0 Å². The molecule has 1 aromatic rings. The van der Waals surface area contributed by atoms with Crippen LogP contribution in [0.2, 0.25) is 5.02 Å². The number of aliphatic hydroxyl groups excluding tert-OH is 1. The third kappa shape index (κ3) is 2.63. The van der Waals surface area contributed by atoms with Gasteiger partial charge in [0, 0.05) is 10.6 Å². The number of rotatable bonds is 3. The van der Waals surface area contributed by atoms with E-state index in [2.05, 4.69) is 15.9 Å². The van der Waals surface area contributed by atoms with Crippen molar-refractivity contribution in [3.05, 3.63) is 27.2 Å². The summed E-state index contributed by atoms with van der Waals surface area (Å²) in [6.45, 7) is -1.41. The Bertz CT molecular complexity index is 403. The molecule has 1 atom stereocenters. The Hall–Kier alpha value is -0.430. The van der Waals surface area contributed by atoms with Crippen LogP contribution in [0.1, 0.15) is 11.6 Å². The lowest BCUT2D eigenvalue weighted by atomic mass is 10.0. The number of phenols is 1. The Labute approximate surface area is 104 Å². The minimum absolute atomic E-state index is 0.156. The highest BCUT2D eigenvalue weighted by Crippen LogP contribution is 2.39. The summed E-state index contributed by atoms with van der Waals surface area (Å²) < 4.78 is 26.4.